The molecule has 0 aliphatic carbocycles. The summed E-state index contributed by atoms with van der Waals surface area (Å²) < 4.78 is 5.58. The van der Waals surface area contributed by atoms with E-state index in [0.717, 1.165) is 49.3 Å². The number of para-hydroxylation sites is 2. The quantitative estimate of drug-likeness (QED) is 0.731. The minimum absolute atomic E-state index is 0.0257. The molecule has 154 valence electrons. The van der Waals surface area contributed by atoms with Crippen LogP contribution in [0.1, 0.15) is 39.5 Å². The molecule has 0 saturated carbocycles. The first-order chi connectivity index (χ1) is 13.5. The zero-order valence-corrected chi connectivity index (χ0v) is 17.2. The van der Waals surface area contributed by atoms with Crippen LogP contribution in [0.2, 0.25) is 0 Å². The Morgan fingerprint density at radius 1 is 1.14 bits per heavy atom. The number of rotatable bonds is 7. The molecule has 2 aliphatic heterocycles. The van der Waals surface area contributed by atoms with Crippen LogP contribution < -0.4 is 15.0 Å². The maximum Gasteiger partial charge on any atom is 0.227 e. The van der Waals surface area contributed by atoms with Gasteiger partial charge in [-0.3, -0.25) is 9.59 Å². The summed E-state index contributed by atoms with van der Waals surface area (Å²) in [6, 6.07) is 7.54. The van der Waals surface area contributed by atoms with E-state index in [-0.39, 0.29) is 24.7 Å². The first-order valence-electron chi connectivity index (χ1n) is 10.5. The molecule has 0 radical (unpaired) electrons. The number of fused-ring (bicyclic) bond motifs is 1. The summed E-state index contributed by atoms with van der Waals surface area (Å²) in [6.07, 6.45) is 2.72. The summed E-state index contributed by atoms with van der Waals surface area (Å²) in [6.45, 7) is 9.67. The highest BCUT2D eigenvalue weighted by Gasteiger charge is 2.24. The van der Waals surface area contributed by atoms with Crippen molar-refractivity contribution in [1.82, 2.24) is 10.2 Å². The predicted molar refractivity (Wildman–Crippen MR) is 111 cm³/mol. The molecule has 2 aliphatic rings. The van der Waals surface area contributed by atoms with Gasteiger partial charge in [0.2, 0.25) is 11.8 Å². The fourth-order valence-electron chi connectivity index (χ4n) is 4.38. The molecular weight excluding hydrogens is 354 g/mol. The molecule has 0 unspecified atom stereocenters. The topological polar surface area (TPSA) is 61.9 Å². The minimum Gasteiger partial charge on any atom is -0.490 e. The van der Waals surface area contributed by atoms with E-state index in [1.54, 1.807) is 4.90 Å². The van der Waals surface area contributed by atoms with Gasteiger partial charge in [-0.15, -0.1) is 0 Å². The molecule has 3 rings (SSSR count). The average molecular weight is 388 g/mol. The number of carbonyl (C=O) groups is 2. The Kier molecular flexibility index (Phi) is 7.31. The van der Waals surface area contributed by atoms with Crippen LogP contribution in [0.4, 0.5) is 5.69 Å². The van der Waals surface area contributed by atoms with Gasteiger partial charge in [0.15, 0.2) is 0 Å². The van der Waals surface area contributed by atoms with E-state index in [4.69, 9.17) is 4.74 Å². The van der Waals surface area contributed by atoms with Crippen LogP contribution in [-0.2, 0) is 9.59 Å². The molecule has 2 amide bonds. The molecule has 6 heteroatoms. The van der Waals surface area contributed by atoms with Gasteiger partial charge in [0.25, 0.3) is 0 Å². The smallest absolute Gasteiger partial charge is 0.227 e. The molecule has 6 nitrogen and oxygen atoms in total. The van der Waals surface area contributed by atoms with E-state index in [9.17, 15) is 9.59 Å². The fraction of sp³-hybridized carbons (Fsp3) is 0.636. The normalized spacial score (nSPS) is 22.3. The molecule has 2 atom stereocenters. The molecular formula is C22H33N3O3. The second kappa shape index (κ2) is 9.92. The van der Waals surface area contributed by atoms with E-state index in [0.29, 0.717) is 19.7 Å². The number of amides is 2. The Morgan fingerprint density at radius 2 is 1.89 bits per heavy atom. The Balaban J connectivity index is 1.34. The van der Waals surface area contributed by atoms with E-state index in [1.165, 1.54) is 6.42 Å². The van der Waals surface area contributed by atoms with Crippen LogP contribution in [0.5, 0.6) is 5.75 Å². The van der Waals surface area contributed by atoms with Crippen molar-refractivity contribution >= 4 is 17.5 Å². The van der Waals surface area contributed by atoms with Crippen molar-refractivity contribution in [2.24, 2.45) is 11.8 Å². The van der Waals surface area contributed by atoms with Crippen LogP contribution in [-0.4, -0.2) is 56.0 Å². The summed E-state index contributed by atoms with van der Waals surface area (Å²) in [5, 5.41) is 2.96. The van der Waals surface area contributed by atoms with Gasteiger partial charge >= 0.3 is 0 Å². The molecule has 2 heterocycles. The first kappa shape index (κ1) is 20.6. The molecule has 0 spiro atoms. The van der Waals surface area contributed by atoms with E-state index >= 15 is 0 Å². The van der Waals surface area contributed by atoms with Crippen molar-refractivity contribution in [2.75, 3.05) is 44.2 Å². The lowest BCUT2D eigenvalue weighted by atomic mass is 9.92. The molecule has 0 bridgehead atoms. The number of benzene rings is 1. The minimum atomic E-state index is -0.0460. The molecule has 1 aromatic carbocycles. The van der Waals surface area contributed by atoms with Gasteiger partial charge < -0.3 is 19.9 Å². The number of hydrogen-bond donors (Lipinski definition) is 1. The first-order valence-corrected chi connectivity index (χ1v) is 10.5. The van der Waals surface area contributed by atoms with E-state index in [1.807, 2.05) is 24.3 Å². The molecule has 0 aromatic heterocycles. The SMILES string of the molecule is C[C@H]1C[C@H](C)CN(CCCNC(=O)CCC(=O)N2CCOc3ccccc32)C1. The number of piperidine rings is 1. The third-order valence-corrected chi connectivity index (χ3v) is 5.51. The van der Waals surface area contributed by atoms with Gasteiger partial charge in [-0.1, -0.05) is 26.0 Å². The van der Waals surface area contributed by atoms with Crippen LogP contribution in [0, 0.1) is 11.8 Å². The second-order valence-corrected chi connectivity index (χ2v) is 8.27. The zero-order chi connectivity index (χ0) is 19.9. The van der Waals surface area contributed by atoms with Crippen molar-refractivity contribution in [1.29, 1.82) is 0 Å². The second-order valence-electron chi connectivity index (χ2n) is 8.27. The van der Waals surface area contributed by atoms with Crippen LogP contribution in [0.15, 0.2) is 24.3 Å². The monoisotopic (exact) mass is 387 g/mol. The molecule has 1 aromatic rings. The van der Waals surface area contributed by atoms with Crippen molar-refractivity contribution in [3.8, 4) is 5.75 Å². The number of nitrogens with zero attached hydrogens (tertiary/aromatic N) is 2. The highest BCUT2D eigenvalue weighted by molar-refractivity contribution is 5.97. The molecule has 1 saturated heterocycles. The summed E-state index contributed by atoms with van der Waals surface area (Å²) in [4.78, 5) is 28.9. The van der Waals surface area contributed by atoms with Crippen molar-refractivity contribution in [3.63, 3.8) is 0 Å². The number of anilines is 1. The van der Waals surface area contributed by atoms with Crippen LogP contribution in [0.3, 0.4) is 0 Å². The average Bonchev–Trinajstić information content (AvgIpc) is 2.68. The van der Waals surface area contributed by atoms with Crippen molar-refractivity contribution in [3.05, 3.63) is 24.3 Å². The lowest BCUT2D eigenvalue weighted by Crippen LogP contribution is -2.40. The van der Waals surface area contributed by atoms with Crippen LogP contribution in [0.25, 0.3) is 0 Å². The Morgan fingerprint density at radius 3 is 2.68 bits per heavy atom. The van der Waals surface area contributed by atoms with Gasteiger partial charge in [0.05, 0.1) is 12.2 Å². The van der Waals surface area contributed by atoms with Crippen LogP contribution >= 0.6 is 0 Å². The summed E-state index contributed by atoms with van der Waals surface area (Å²) in [5.41, 5.74) is 0.796. The number of hydrogen-bond acceptors (Lipinski definition) is 4. The highest BCUT2D eigenvalue weighted by atomic mass is 16.5. The maximum atomic E-state index is 12.5. The van der Waals surface area contributed by atoms with Gasteiger partial charge in [-0.25, -0.2) is 0 Å². The van der Waals surface area contributed by atoms with Crippen molar-refractivity contribution in [2.45, 2.75) is 39.5 Å². The molecule has 1 N–H and O–H groups in total. The Hall–Kier alpha value is -2.08. The van der Waals surface area contributed by atoms with E-state index in [2.05, 4.69) is 24.1 Å². The lowest BCUT2D eigenvalue weighted by Gasteiger charge is -2.34. The van der Waals surface area contributed by atoms with Gasteiger partial charge in [0.1, 0.15) is 12.4 Å². The summed E-state index contributed by atoms with van der Waals surface area (Å²) in [5.74, 6) is 2.18. The summed E-state index contributed by atoms with van der Waals surface area (Å²) in [7, 11) is 0. The standard InChI is InChI=1S/C22H33N3O3/c1-17-14-18(2)16-24(15-17)11-5-10-23-21(26)8-9-22(27)25-12-13-28-20-7-4-3-6-19(20)25/h3-4,6-7,17-18H,5,8-16H2,1-2H3,(H,23,26)/t17-,18-/m0/s1. The molecule has 28 heavy (non-hydrogen) atoms. The maximum absolute atomic E-state index is 12.5. The molecule has 1 fully saturated rings. The zero-order valence-electron chi connectivity index (χ0n) is 17.2. The van der Waals surface area contributed by atoms with Gasteiger partial charge in [-0.2, -0.15) is 0 Å². The fourth-order valence-corrected chi connectivity index (χ4v) is 4.38. The third-order valence-electron chi connectivity index (χ3n) is 5.51. The van der Waals surface area contributed by atoms with E-state index < -0.39 is 0 Å². The van der Waals surface area contributed by atoms with Gasteiger partial charge in [-0.05, 0) is 43.4 Å². The highest BCUT2D eigenvalue weighted by Crippen LogP contribution is 2.31. The third kappa shape index (κ3) is 5.71. The lowest BCUT2D eigenvalue weighted by molar-refractivity contribution is -0.125. The van der Waals surface area contributed by atoms with Crippen molar-refractivity contribution < 1.29 is 14.3 Å². The Bertz CT molecular complexity index is 669. The largest absolute Gasteiger partial charge is 0.490 e. The Labute approximate surface area is 168 Å². The number of nitrogens with one attached hydrogen (secondary N) is 1. The number of ether oxygens (including phenoxy) is 1. The number of carbonyl (C=O) groups excluding carboxylic acids is 2. The number of likely N-dealkylation sites (tertiary alicyclic amines) is 1. The van der Waals surface area contributed by atoms with Gasteiger partial charge in [0, 0.05) is 32.5 Å². The summed E-state index contributed by atoms with van der Waals surface area (Å²) >= 11 is 0. The predicted octanol–water partition coefficient (Wildman–Crippen LogP) is 2.68.